The summed E-state index contributed by atoms with van der Waals surface area (Å²) >= 11 is 0. The first kappa shape index (κ1) is 19.4. The van der Waals surface area contributed by atoms with Crippen LogP contribution < -0.4 is 14.9 Å². The summed E-state index contributed by atoms with van der Waals surface area (Å²) in [5.41, 5.74) is 2.92. The molecule has 0 unspecified atom stereocenters. The van der Waals surface area contributed by atoms with Gasteiger partial charge in [-0.1, -0.05) is 18.2 Å². The summed E-state index contributed by atoms with van der Waals surface area (Å²) in [6.45, 7) is 6.23. The topological polar surface area (TPSA) is 78.5 Å². The van der Waals surface area contributed by atoms with Crippen LogP contribution in [-0.4, -0.2) is 33.0 Å². The van der Waals surface area contributed by atoms with Gasteiger partial charge in [-0.15, -0.1) is 0 Å². The average molecular weight is 388 g/mol. The van der Waals surface area contributed by atoms with Crippen molar-refractivity contribution in [2.24, 2.45) is 0 Å². The lowest BCUT2D eigenvalue weighted by atomic mass is 10.1. The first-order chi connectivity index (χ1) is 12.8. The number of rotatable bonds is 6. The second-order valence-electron chi connectivity index (χ2n) is 7.04. The summed E-state index contributed by atoms with van der Waals surface area (Å²) < 4.78 is 26.9. The van der Waals surface area contributed by atoms with E-state index in [-0.39, 0.29) is 22.9 Å². The predicted octanol–water partition coefficient (Wildman–Crippen LogP) is 2.76. The number of amides is 1. The first-order valence-electron chi connectivity index (χ1n) is 9.06. The summed E-state index contributed by atoms with van der Waals surface area (Å²) in [6, 6.07) is 13.8. The Balaban J connectivity index is 1.68. The van der Waals surface area contributed by atoms with E-state index in [1.54, 1.807) is 26.0 Å². The van der Waals surface area contributed by atoms with Crippen LogP contribution in [0.4, 0.5) is 11.4 Å². The van der Waals surface area contributed by atoms with Gasteiger partial charge in [-0.25, -0.2) is 13.1 Å². The Kier molecular flexibility index (Phi) is 5.53. The Morgan fingerprint density at radius 1 is 1.04 bits per heavy atom. The van der Waals surface area contributed by atoms with Gasteiger partial charge in [0.2, 0.25) is 15.9 Å². The van der Waals surface area contributed by atoms with E-state index in [0.29, 0.717) is 5.69 Å². The van der Waals surface area contributed by atoms with Gasteiger partial charge in [-0.05, 0) is 63.1 Å². The fourth-order valence-electron chi connectivity index (χ4n) is 3.25. The fourth-order valence-corrected chi connectivity index (χ4v) is 4.50. The molecule has 2 aromatic carbocycles. The highest BCUT2D eigenvalue weighted by Gasteiger charge is 2.27. The molecule has 0 radical (unpaired) electrons. The van der Waals surface area contributed by atoms with Crippen LogP contribution in [0.15, 0.2) is 53.4 Å². The Labute approximate surface area is 160 Å². The first-order valence-corrected chi connectivity index (χ1v) is 10.5. The number of carbonyl (C=O) groups is 1. The van der Waals surface area contributed by atoms with Crippen LogP contribution in [0, 0.1) is 0 Å². The van der Waals surface area contributed by atoms with Crippen LogP contribution in [-0.2, 0) is 21.2 Å². The van der Waals surface area contributed by atoms with E-state index in [1.165, 1.54) is 17.7 Å². The third-order valence-corrected chi connectivity index (χ3v) is 6.27. The summed E-state index contributed by atoms with van der Waals surface area (Å²) in [5.74, 6) is -0.123. The van der Waals surface area contributed by atoms with Crippen molar-refractivity contribution in [1.82, 2.24) is 4.72 Å². The van der Waals surface area contributed by atoms with Crippen molar-refractivity contribution in [3.05, 3.63) is 54.1 Å². The molecule has 7 heteroatoms. The molecule has 2 aromatic rings. The van der Waals surface area contributed by atoms with Gasteiger partial charge in [0.05, 0.1) is 4.90 Å². The zero-order chi connectivity index (χ0) is 19.6. The number of hydrogen-bond acceptors (Lipinski definition) is 4. The maximum atomic E-state index is 12.7. The van der Waals surface area contributed by atoms with Crippen molar-refractivity contribution >= 4 is 27.3 Å². The Hall–Kier alpha value is -2.38. The van der Waals surface area contributed by atoms with Crippen molar-refractivity contribution in [2.45, 2.75) is 44.2 Å². The van der Waals surface area contributed by atoms with Crippen molar-refractivity contribution in [1.29, 1.82) is 0 Å². The Morgan fingerprint density at radius 3 is 2.37 bits per heavy atom. The van der Waals surface area contributed by atoms with Crippen molar-refractivity contribution < 1.29 is 13.2 Å². The lowest BCUT2D eigenvalue weighted by molar-refractivity contribution is -0.117. The van der Waals surface area contributed by atoms with Crippen molar-refractivity contribution in [3.8, 4) is 0 Å². The summed E-state index contributed by atoms with van der Waals surface area (Å²) in [5, 5.41) is 2.87. The normalized spacial score (nSPS) is 14.9. The number of sulfonamides is 1. The molecule has 6 nitrogen and oxygen atoms in total. The average Bonchev–Trinajstić information content (AvgIpc) is 3.04. The minimum Gasteiger partial charge on any atom is -0.359 e. The maximum Gasteiger partial charge on any atom is 0.246 e. The minimum absolute atomic E-state index is 0.123. The lowest BCUT2D eigenvalue weighted by Gasteiger charge is -2.26. The van der Waals surface area contributed by atoms with Crippen molar-refractivity contribution in [3.63, 3.8) is 0 Å². The van der Waals surface area contributed by atoms with Gasteiger partial charge in [-0.2, -0.15) is 0 Å². The van der Waals surface area contributed by atoms with Crippen LogP contribution in [0.5, 0.6) is 0 Å². The summed E-state index contributed by atoms with van der Waals surface area (Å²) in [4.78, 5) is 14.9. The molecule has 27 heavy (non-hydrogen) atoms. The number of nitrogens with zero attached hydrogens (tertiary/aromatic N) is 1. The highest BCUT2D eigenvalue weighted by atomic mass is 32.2. The summed E-state index contributed by atoms with van der Waals surface area (Å²) in [6.07, 6.45) is 0.934. The van der Waals surface area contributed by atoms with E-state index < -0.39 is 10.0 Å². The molecule has 1 aliphatic rings. The molecule has 3 rings (SSSR count). The number of nitrogens with one attached hydrogen (secondary N) is 2. The number of para-hydroxylation sites is 1. The smallest absolute Gasteiger partial charge is 0.246 e. The van der Waals surface area contributed by atoms with E-state index in [4.69, 9.17) is 0 Å². The molecule has 0 bridgehead atoms. The van der Waals surface area contributed by atoms with E-state index >= 15 is 0 Å². The zero-order valence-electron chi connectivity index (χ0n) is 15.8. The van der Waals surface area contributed by atoms with E-state index in [9.17, 15) is 13.2 Å². The van der Waals surface area contributed by atoms with E-state index in [2.05, 4.69) is 21.0 Å². The van der Waals surface area contributed by atoms with Crippen molar-refractivity contribution in [2.75, 3.05) is 16.8 Å². The molecule has 1 amide bonds. The second-order valence-corrected chi connectivity index (χ2v) is 8.75. The molecule has 1 atom stereocenters. The standard InChI is InChI=1S/C20H25N3O3S/c1-14(2)22-27(25,26)18-10-8-17(9-11-18)21-20(24)15(3)23-13-12-16-6-4-5-7-19(16)23/h4-11,14-15,22H,12-13H2,1-3H3,(H,21,24)/t15-/m0/s1. The molecule has 0 saturated heterocycles. The highest BCUT2D eigenvalue weighted by Crippen LogP contribution is 2.29. The van der Waals surface area contributed by atoms with Crippen LogP contribution in [0.2, 0.25) is 0 Å². The maximum absolute atomic E-state index is 12.7. The Bertz CT molecular complexity index is 924. The molecule has 0 saturated carbocycles. The third kappa shape index (κ3) is 4.31. The minimum atomic E-state index is -3.54. The van der Waals surface area contributed by atoms with Crippen LogP contribution in [0.3, 0.4) is 0 Å². The van der Waals surface area contributed by atoms with Gasteiger partial charge < -0.3 is 10.2 Å². The summed E-state index contributed by atoms with van der Waals surface area (Å²) in [7, 11) is -3.54. The van der Waals surface area contributed by atoms with Gasteiger partial charge in [0.1, 0.15) is 6.04 Å². The van der Waals surface area contributed by atoms with E-state index in [0.717, 1.165) is 18.7 Å². The largest absolute Gasteiger partial charge is 0.359 e. The van der Waals surface area contributed by atoms with Gasteiger partial charge in [-0.3, -0.25) is 4.79 Å². The van der Waals surface area contributed by atoms with Crippen LogP contribution in [0.1, 0.15) is 26.3 Å². The highest BCUT2D eigenvalue weighted by molar-refractivity contribution is 7.89. The lowest BCUT2D eigenvalue weighted by Crippen LogP contribution is -2.41. The molecule has 144 valence electrons. The van der Waals surface area contributed by atoms with Gasteiger partial charge in [0, 0.05) is 24.0 Å². The third-order valence-electron chi connectivity index (χ3n) is 4.59. The monoisotopic (exact) mass is 387 g/mol. The van der Waals surface area contributed by atoms with Gasteiger partial charge >= 0.3 is 0 Å². The molecule has 0 spiro atoms. The molecule has 0 fully saturated rings. The number of carbonyl (C=O) groups excluding carboxylic acids is 1. The number of benzene rings is 2. The van der Waals surface area contributed by atoms with Gasteiger partial charge in [0.15, 0.2) is 0 Å². The van der Waals surface area contributed by atoms with Crippen LogP contribution >= 0.6 is 0 Å². The number of anilines is 2. The fraction of sp³-hybridized carbons (Fsp3) is 0.350. The molecule has 0 aliphatic carbocycles. The molecule has 1 heterocycles. The molecule has 1 aliphatic heterocycles. The molecular formula is C20H25N3O3S. The number of fused-ring (bicyclic) bond motifs is 1. The molecular weight excluding hydrogens is 362 g/mol. The Morgan fingerprint density at radius 2 is 1.70 bits per heavy atom. The van der Waals surface area contributed by atoms with Gasteiger partial charge in [0.25, 0.3) is 0 Å². The SMILES string of the molecule is CC(C)NS(=O)(=O)c1ccc(NC(=O)[C@H](C)N2CCc3ccccc32)cc1. The predicted molar refractivity (Wildman–Crippen MR) is 107 cm³/mol. The number of hydrogen-bond donors (Lipinski definition) is 2. The molecule has 0 aromatic heterocycles. The van der Waals surface area contributed by atoms with Crippen LogP contribution in [0.25, 0.3) is 0 Å². The second kappa shape index (κ2) is 7.70. The quantitative estimate of drug-likeness (QED) is 0.799. The zero-order valence-corrected chi connectivity index (χ0v) is 16.6. The molecule has 2 N–H and O–H groups in total. The van der Waals surface area contributed by atoms with E-state index in [1.807, 2.05) is 25.1 Å².